The van der Waals surface area contributed by atoms with Gasteiger partial charge in [-0.05, 0) is 30.7 Å². The first kappa shape index (κ1) is 12.9. The molecule has 1 aromatic heterocycles. The average Bonchev–Trinajstić information content (AvgIpc) is 2.75. The lowest BCUT2D eigenvalue weighted by Gasteiger charge is -2.10. The monoisotopic (exact) mass is 288 g/mol. The summed E-state index contributed by atoms with van der Waals surface area (Å²) in [5.74, 6) is 0.735. The Hall–Kier alpha value is -2.14. The van der Waals surface area contributed by atoms with Gasteiger partial charge in [0.1, 0.15) is 5.82 Å². The van der Waals surface area contributed by atoms with E-state index in [1.807, 2.05) is 19.1 Å². The lowest BCUT2D eigenvalue weighted by molar-refractivity contribution is -0.115. The number of anilines is 2. The van der Waals surface area contributed by atoms with E-state index in [1.54, 1.807) is 12.3 Å². The summed E-state index contributed by atoms with van der Waals surface area (Å²) < 4.78 is 0. The van der Waals surface area contributed by atoms with Crippen molar-refractivity contribution in [2.75, 3.05) is 10.6 Å². The van der Waals surface area contributed by atoms with Crippen LogP contribution in [0.4, 0.5) is 11.4 Å². The van der Waals surface area contributed by atoms with Gasteiger partial charge >= 0.3 is 0 Å². The fourth-order valence-electron chi connectivity index (χ4n) is 2.17. The molecule has 0 fully saturated rings. The van der Waals surface area contributed by atoms with Gasteiger partial charge in [0, 0.05) is 11.9 Å². The lowest BCUT2D eigenvalue weighted by Crippen LogP contribution is -2.04. The molecule has 5 nitrogen and oxygen atoms in total. The van der Waals surface area contributed by atoms with Crippen LogP contribution >= 0.6 is 11.6 Å². The molecule has 0 radical (unpaired) electrons. The molecule has 0 bridgehead atoms. The summed E-state index contributed by atoms with van der Waals surface area (Å²) in [7, 11) is 0. The van der Waals surface area contributed by atoms with Crippen molar-refractivity contribution in [2.45, 2.75) is 19.9 Å². The predicted octanol–water partition coefficient (Wildman–Crippen LogP) is 2.55. The summed E-state index contributed by atoms with van der Waals surface area (Å²) >= 11 is 6.21. The number of carbonyl (C=O) groups excluding carboxylic acids is 1. The summed E-state index contributed by atoms with van der Waals surface area (Å²) in [5, 5.41) is 6.59. The molecule has 102 valence electrons. The second-order valence-electron chi connectivity index (χ2n) is 4.66. The second kappa shape index (κ2) is 5.09. The van der Waals surface area contributed by atoms with Gasteiger partial charge in [-0.15, -0.1) is 0 Å². The zero-order valence-electron chi connectivity index (χ0n) is 10.9. The maximum Gasteiger partial charge on any atom is 0.228 e. The van der Waals surface area contributed by atoms with Gasteiger partial charge in [0.15, 0.2) is 0 Å². The van der Waals surface area contributed by atoms with Crippen LogP contribution in [0.15, 0.2) is 24.4 Å². The first-order valence-electron chi connectivity index (χ1n) is 6.26. The number of carbonyl (C=O) groups is 1. The van der Waals surface area contributed by atoms with E-state index in [4.69, 9.17) is 11.6 Å². The van der Waals surface area contributed by atoms with Crippen molar-refractivity contribution in [3.63, 3.8) is 0 Å². The minimum atomic E-state index is -0.000332. The van der Waals surface area contributed by atoms with E-state index < -0.39 is 0 Å². The number of nitrogens with zero attached hydrogens (tertiary/aromatic N) is 2. The average molecular weight is 289 g/mol. The van der Waals surface area contributed by atoms with E-state index in [0.29, 0.717) is 18.0 Å². The van der Waals surface area contributed by atoms with E-state index in [9.17, 15) is 4.79 Å². The molecule has 0 aliphatic carbocycles. The van der Waals surface area contributed by atoms with Gasteiger partial charge < -0.3 is 10.6 Å². The van der Waals surface area contributed by atoms with Crippen molar-refractivity contribution in [3.05, 3.63) is 46.5 Å². The molecule has 0 unspecified atom stereocenters. The Kier molecular flexibility index (Phi) is 3.28. The Bertz CT molecular complexity index is 687. The standard InChI is InChI=1S/C14H13ClN4O/c1-8-16-3-2-10(18-8)7-17-13-4-9-5-14(20)19-12(9)6-11(13)15/h2-4,6,17H,5,7H2,1H3,(H,19,20). The van der Waals surface area contributed by atoms with Crippen molar-refractivity contribution < 1.29 is 4.79 Å². The SMILES string of the molecule is Cc1nccc(CNc2cc3c(cc2Cl)NC(=O)C3)n1. The van der Waals surface area contributed by atoms with Crippen LogP contribution in [0.5, 0.6) is 0 Å². The zero-order chi connectivity index (χ0) is 14.1. The molecule has 0 spiro atoms. The van der Waals surface area contributed by atoms with E-state index in [1.165, 1.54) is 0 Å². The molecule has 2 N–H and O–H groups in total. The zero-order valence-corrected chi connectivity index (χ0v) is 11.7. The normalized spacial score (nSPS) is 13.0. The van der Waals surface area contributed by atoms with Crippen LogP contribution in [0, 0.1) is 6.92 Å². The molecule has 6 heteroatoms. The summed E-state index contributed by atoms with van der Waals surface area (Å²) in [4.78, 5) is 19.7. The molecule has 0 atom stereocenters. The quantitative estimate of drug-likeness (QED) is 0.911. The first-order chi connectivity index (χ1) is 9.61. The van der Waals surface area contributed by atoms with Crippen molar-refractivity contribution in [1.29, 1.82) is 0 Å². The van der Waals surface area contributed by atoms with Crippen molar-refractivity contribution in [2.24, 2.45) is 0 Å². The van der Waals surface area contributed by atoms with Crippen molar-refractivity contribution >= 4 is 28.9 Å². The Labute approximate surface area is 121 Å². The second-order valence-corrected chi connectivity index (χ2v) is 5.07. The molecule has 20 heavy (non-hydrogen) atoms. The highest BCUT2D eigenvalue weighted by Gasteiger charge is 2.19. The van der Waals surface area contributed by atoms with Gasteiger partial charge in [-0.2, -0.15) is 0 Å². The largest absolute Gasteiger partial charge is 0.378 e. The van der Waals surface area contributed by atoms with Gasteiger partial charge in [0.2, 0.25) is 5.91 Å². The molecule has 2 aromatic rings. The number of aromatic nitrogens is 2. The molecule has 0 saturated heterocycles. The van der Waals surface area contributed by atoms with Gasteiger partial charge in [0.05, 0.1) is 29.4 Å². The van der Waals surface area contributed by atoms with Gasteiger partial charge in [-0.3, -0.25) is 4.79 Å². The van der Waals surface area contributed by atoms with E-state index in [-0.39, 0.29) is 5.91 Å². The number of rotatable bonds is 3. The third kappa shape index (κ3) is 2.58. The fourth-order valence-corrected chi connectivity index (χ4v) is 2.40. The Balaban J connectivity index is 1.78. The molecule has 3 rings (SSSR count). The topological polar surface area (TPSA) is 66.9 Å². The minimum absolute atomic E-state index is 0.000332. The van der Waals surface area contributed by atoms with Crippen LogP contribution < -0.4 is 10.6 Å². The van der Waals surface area contributed by atoms with Crippen LogP contribution in [0.3, 0.4) is 0 Å². The highest BCUT2D eigenvalue weighted by atomic mass is 35.5. The number of nitrogens with one attached hydrogen (secondary N) is 2. The summed E-state index contributed by atoms with van der Waals surface area (Å²) in [6.07, 6.45) is 2.13. The smallest absolute Gasteiger partial charge is 0.228 e. The summed E-state index contributed by atoms with van der Waals surface area (Å²) in [6.45, 7) is 2.41. The maximum absolute atomic E-state index is 11.3. The van der Waals surface area contributed by atoms with Crippen LogP contribution in [0.2, 0.25) is 5.02 Å². The molecular weight excluding hydrogens is 276 g/mol. The molecule has 1 amide bonds. The first-order valence-corrected chi connectivity index (χ1v) is 6.64. The van der Waals surface area contributed by atoms with E-state index in [2.05, 4.69) is 20.6 Å². The molecule has 1 aliphatic rings. The van der Waals surface area contributed by atoms with E-state index >= 15 is 0 Å². The number of aryl methyl sites for hydroxylation is 1. The minimum Gasteiger partial charge on any atom is -0.378 e. The van der Waals surface area contributed by atoms with Crippen LogP contribution in [-0.4, -0.2) is 15.9 Å². The van der Waals surface area contributed by atoms with Gasteiger partial charge in [0.25, 0.3) is 0 Å². The number of halogens is 1. The highest BCUT2D eigenvalue weighted by Crippen LogP contribution is 2.32. The number of hydrogen-bond acceptors (Lipinski definition) is 4. The highest BCUT2D eigenvalue weighted by molar-refractivity contribution is 6.33. The Morgan fingerprint density at radius 1 is 1.45 bits per heavy atom. The molecule has 0 saturated carbocycles. The lowest BCUT2D eigenvalue weighted by atomic mass is 10.1. The van der Waals surface area contributed by atoms with Crippen molar-refractivity contribution in [1.82, 2.24) is 9.97 Å². The Morgan fingerprint density at radius 2 is 2.30 bits per heavy atom. The number of amides is 1. The number of fused-ring (bicyclic) bond motifs is 1. The van der Waals surface area contributed by atoms with Crippen LogP contribution in [0.25, 0.3) is 0 Å². The van der Waals surface area contributed by atoms with Gasteiger partial charge in [-0.25, -0.2) is 9.97 Å². The Morgan fingerprint density at radius 3 is 3.10 bits per heavy atom. The third-order valence-corrected chi connectivity index (χ3v) is 3.42. The summed E-state index contributed by atoms with van der Waals surface area (Å²) in [5.41, 5.74) is 3.45. The number of hydrogen-bond donors (Lipinski definition) is 2. The van der Waals surface area contributed by atoms with E-state index in [0.717, 1.165) is 28.5 Å². The fraction of sp³-hybridized carbons (Fsp3) is 0.214. The third-order valence-electron chi connectivity index (χ3n) is 3.11. The van der Waals surface area contributed by atoms with Crippen LogP contribution in [-0.2, 0) is 17.8 Å². The van der Waals surface area contributed by atoms with Crippen molar-refractivity contribution in [3.8, 4) is 0 Å². The van der Waals surface area contributed by atoms with Gasteiger partial charge in [-0.1, -0.05) is 11.6 Å². The maximum atomic E-state index is 11.3. The molecule has 2 heterocycles. The molecule has 1 aromatic carbocycles. The number of benzene rings is 1. The molecule has 1 aliphatic heterocycles. The van der Waals surface area contributed by atoms with Crippen LogP contribution in [0.1, 0.15) is 17.1 Å². The molecular formula is C14H13ClN4O. The summed E-state index contributed by atoms with van der Waals surface area (Å²) in [6, 6.07) is 5.53. The predicted molar refractivity (Wildman–Crippen MR) is 77.9 cm³/mol.